The van der Waals surface area contributed by atoms with Gasteiger partial charge in [0.1, 0.15) is 0 Å². The Morgan fingerprint density at radius 2 is 1.89 bits per heavy atom. The number of anilines is 1. The highest BCUT2D eigenvalue weighted by Crippen LogP contribution is 2.32. The molecule has 6 heteroatoms. The fraction of sp³-hybridized carbons (Fsp3) is 0.308. The summed E-state index contributed by atoms with van der Waals surface area (Å²) in [6.45, 7) is 5.42. The van der Waals surface area contributed by atoms with Crippen LogP contribution in [0.4, 0.5) is 5.69 Å². The van der Waals surface area contributed by atoms with Gasteiger partial charge in [-0.15, -0.1) is 5.01 Å². The van der Waals surface area contributed by atoms with Crippen LogP contribution < -0.4 is 5.01 Å². The van der Waals surface area contributed by atoms with Crippen LogP contribution in [0.3, 0.4) is 0 Å². The molecule has 1 aliphatic heterocycles. The number of hydrogen-bond acceptors (Lipinski definition) is 4. The van der Waals surface area contributed by atoms with Crippen LogP contribution in [-0.2, 0) is 0 Å². The molecule has 0 bridgehead atoms. The predicted molar refractivity (Wildman–Crippen MR) is 75.9 cm³/mol. The number of benzene rings is 1. The quantitative estimate of drug-likeness (QED) is 0.582. The third-order valence-corrected chi connectivity index (χ3v) is 3.17. The first-order valence-corrected chi connectivity index (χ1v) is 6.18. The molecule has 0 saturated carbocycles. The van der Waals surface area contributed by atoms with Crippen molar-refractivity contribution in [3.05, 3.63) is 51.2 Å². The third-order valence-electron chi connectivity index (χ3n) is 2.92. The lowest BCUT2D eigenvalue weighted by atomic mass is 9.89. The molecule has 0 aromatic heterocycles. The second kappa shape index (κ2) is 4.66. The Balaban J connectivity index is 2.47. The third kappa shape index (κ3) is 2.61. The maximum Gasteiger partial charge on any atom is 0.373 e. The van der Waals surface area contributed by atoms with Crippen LogP contribution >= 0.6 is 11.6 Å². The average molecular weight is 280 g/mol. The highest BCUT2D eigenvalue weighted by molar-refractivity contribution is 6.30. The van der Waals surface area contributed by atoms with Gasteiger partial charge in [0.2, 0.25) is 0 Å². The minimum atomic E-state index is -0.684. The lowest BCUT2D eigenvalue weighted by Crippen LogP contribution is -2.37. The van der Waals surface area contributed by atoms with Crippen molar-refractivity contribution in [1.29, 1.82) is 0 Å². The van der Waals surface area contributed by atoms with Gasteiger partial charge in [-0.05, 0) is 56.0 Å². The molecule has 1 aliphatic rings. The molecule has 0 amide bonds. The van der Waals surface area contributed by atoms with Crippen LogP contribution in [0.2, 0.25) is 5.02 Å². The minimum absolute atomic E-state index is 0.0759. The van der Waals surface area contributed by atoms with Crippen molar-refractivity contribution in [2.75, 3.05) is 5.01 Å². The van der Waals surface area contributed by atoms with Crippen LogP contribution in [0.1, 0.15) is 20.8 Å². The molecule has 0 aliphatic carbocycles. The molecule has 1 aromatic rings. The van der Waals surface area contributed by atoms with Crippen LogP contribution in [0.25, 0.3) is 0 Å². The van der Waals surface area contributed by atoms with Crippen LogP contribution in [0.5, 0.6) is 0 Å². The van der Waals surface area contributed by atoms with E-state index < -0.39 is 10.3 Å². The molecular formula is C13H14ClN3O2. The Labute approximate surface area is 116 Å². The second-order valence-electron chi connectivity index (χ2n) is 4.98. The predicted octanol–water partition coefficient (Wildman–Crippen LogP) is 3.68. The average Bonchev–Trinajstić information content (AvgIpc) is 2.29. The molecule has 0 fully saturated rings. The van der Waals surface area contributed by atoms with Gasteiger partial charge in [0.25, 0.3) is 0 Å². The largest absolute Gasteiger partial charge is 0.373 e. The molecule has 1 heterocycles. The summed E-state index contributed by atoms with van der Waals surface area (Å²) in [6.07, 6.45) is 1.84. The van der Waals surface area contributed by atoms with Crippen LogP contribution in [-0.4, -0.2) is 10.8 Å². The highest BCUT2D eigenvalue weighted by atomic mass is 35.5. The molecule has 1 aromatic carbocycles. The van der Waals surface area contributed by atoms with E-state index in [4.69, 9.17) is 11.6 Å². The molecule has 19 heavy (non-hydrogen) atoms. The van der Waals surface area contributed by atoms with Gasteiger partial charge < -0.3 is 10.1 Å². The van der Waals surface area contributed by atoms with Gasteiger partial charge in [0.15, 0.2) is 0 Å². The summed E-state index contributed by atoms with van der Waals surface area (Å²) in [4.78, 5) is 10.7. The van der Waals surface area contributed by atoms with E-state index in [9.17, 15) is 10.1 Å². The smallest absolute Gasteiger partial charge is 0.358 e. The first-order chi connectivity index (χ1) is 8.81. The topological polar surface area (TPSA) is 58.7 Å². The van der Waals surface area contributed by atoms with Gasteiger partial charge in [-0.1, -0.05) is 11.6 Å². The lowest BCUT2D eigenvalue weighted by Gasteiger charge is -2.26. The number of hydrogen-bond donors (Lipinski definition) is 0. The van der Waals surface area contributed by atoms with E-state index in [1.54, 1.807) is 43.1 Å². The van der Waals surface area contributed by atoms with Crippen molar-refractivity contribution < 1.29 is 4.92 Å². The van der Waals surface area contributed by atoms with Crippen LogP contribution in [0, 0.1) is 15.5 Å². The molecular weight excluding hydrogens is 266 g/mol. The van der Waals surface area contributed by atoms with E-state index >= 15 is 0 Å². The van der Waals surface area contributed by atoms with Gasteiger partial charge in [0, 0.05) is 5.02 Å². The van der Waals surface area contributed by atoms with Crippen molar-refractivity contribution in [3.63, 3.8) is 0 Å². The van der Waals surface area contributed by atoms with Gasteiger partial charge in [0.05, 0.1) is 21.9 Å². The number of rotatable bonds is 1. The Morgan fingerprint density at radius 1 is 1.32 bits per heavy atom. The number of hydrazone groups is 1. The highest BCUT2D eigenvalue weighted by Gasteiger charge is 2.39. The number of amidine groups is 1. The molecule has 0 N–H and O–H groups in total. The number of halogens is 1. The summed E-state index contributed by atoms with van der Waals surface area (Å²) in [6, 6.07) is 7.01. The maximum absolute atomic E-state index is 11.1. The Kier molecular flexibility index (Phi) is 3.32. The Bertz CT molecular complexity index is 576. The van der Waals surface area contributed by atoms with E-state index in [0.717, 1.165) is 11.4 Å². The van der Waals surface area contributed by atoms with E-state index in [-0.39, 0.29) is 5.84 Å². The van der Waals surface area contributed by atoms with E-state index in [1.165, 1.54) is 0 Å². The molecule has 0 saturated heterocycles. The summed E-state index contributed by atoms with van der Waals surface area (Å²) in [7, 11) is 0. The molecule has 5 nitrogen and oxygen atoms in total. The van der Waals surface area contributed by atoms with Crippen molar-refractivity contribution in [1.82, 2.24) is 0 Å². The zero-order valence-electron chi connectivity index (χ0n) is 10.9. The molecule has 0 spiro atoms. The number of allylic oxidation sites excluding steroid dienone is 1. The van der Waals surface area contributed by atoms with Crippen molar-refractivity contribution >= 4 is 23.1 Å². The summed E-state index contributed by atoms with van der Waals surface area (Å²) in [5.74, 6) is -0.0759. The zero-order valence-corrected chi connectivity index (χ0v) is 11.7. The summed E-state index contributed by atoms with van der Waals surface area (Å²) in [5, 5.41) is 17.4. The first-order valence-electron chi connectivity index (χ1n) is 5.80. The summed E-state index contributed by atoms with van der Waals surface area (Å²) >= 11 is 5.83. The van der Waals surface area contributed by atoms with Gasteiger partial charge in [-0.2, -0.15) is 0 Å². The van der Waals surface area contributed by atoms with E-state index in [1.807, 2.05) is 13.0 Å². The van der Waals surface area contributed by atoms with Crippen molar-refractivity contribution in [2.24, 2.45) is 10.5 Å². The maximum atomic E-state index is 11.1. The monoisotopic (exact) mass is 279 g/mol. The van der Waals surface area contributed by atoms with E-state index in [0.29, 0.717) is 5.02 Å². The van der Waals surface area contributed by atoms with E-state index in [2.05, 4.69) is 5.10 Å². The molecule has 0 unspecified atom stereocenters. The molecule has 0 radical (unpaired) electrons. The molecule has 100 valence electrons. The SMILES string of the molecule is CC1=CC(C)(C)C([N+](=O)[O-])=NN1c1ccc(Cl)cc1. The zero-order chi connectivity index (χ0) is 14.2. The van der Waals surface area contributed by atoms with Gasteiger partial charge in [-0.3, -0.25) is 0 Å². The van der Waals surface area contributed by atoms with Gasteiger partial charge >= 0.3 is 5.84 Å². The Morgan fingerprint density at radius 3 is 2.42 bits per heavy atom. The second-order valence-corrected chi connectivity index (χ2v) is 5.41. The normalized spacial score (nSPS) is 17.8. The Hall–Kier alpha value is -1.88. The van der Waals surface area contributed by atoms with Crippen LogP contribution in [0.15, 0.2) is 41.1 Å². The summed E-state index contributed by atoms with van der Waals surface area (Å²) in [5.41, 5.74) is 0.905. The standard InChI is InChI=1S/C13H14ClN3O2/c1-9-8-13(2,3)12(17(18)19)15-16(9)11-6-4-10(14)5-7-11/h4-8H,1-3H3. The lowest BCUT2D eigenvalue weighted by molar-refractivity contribution is -0.359. The van der Waals surface area contributed by atoms with Crippen molar-refractivity contribution in [2.45, 2.75) is 20.8 Å². The fourth-order valence-electron chi connectivity index (χ4n) is 2.07. The van der Waals surface area contributed by atoms with Crippen molar-refractivity contribution in [3.8, 4) is 0 Å². The minimum Gasteiger partial charge on any atom is -0.358 e. The molecule has 2 rings (SSSR count). The first kappa shape index (κ1) is 13.5. The summed E-state index contributed by atoms with van der Waals surface area (Å²) < 4.78 is 0. The van der Waals surface area contributed by atoms with Gasteiger partial charge in [-0.25, -0.2) is 0 Å². The number of nitrogens with zero attached hydrogens (tertiary/aromatic N) is 3. The fourth-order valence-corrected chi connectivity index (χ4v) is 2.19. The number of nitro groups is 1. The molecule has 0 atom stereocenters.